The third-order valence-corrected chi connectivity index (χ3v) is 7.11. The van der Waals surface area contributed by atoms with Gasteiger partial charge in [-0.25, -0.2) is 0 Å². The van der Waals surface area contributed by atoms with Crippen molar-refractivity contribution in [2.45, 2.75) is 25.8 Å². The summed E-state index contributed by atoms with van der Waals surface area (Å²) >= 11 is 8.30. The van der Waals surface area contributed by atoms with Crippen molar-refractivity contribution in [1.29, 1.82) is 0 Å². The maximum Gasteiger partial charge on any atom is 0.250 e. The molecule has 2 bridgehead atoms. The van der Waals surface area contributed by atoms with Crippen LogP contribution in [-0.2, 0) is 11.3 Å². The fourth-order valence-electron chi connectivity index (χ4n) is 3.77. The lowest BCUT2D eigenvalue weighted by Crippen LogP contribution is -2.48. The standard InChI is InChI=1S/C17H19N5O2S3/c1-10-19-20-16(27-10)18-14(23)9-26-17(25)21-6-11-5-12(8-21)13-3-2-4-15(24)22(13)7-11/h2-4,11-12H,5-9H2,1H3,(H,18,20,23). The number of hydrogen-bond acceptors (Lipinski definition) is 7. The van der Waals surface area contributed by atoms with Gasteiger partial charge in [-0.2, -0.15) is 0 Å². The summed E-state index contributed by atoms with van der Waals surface area (Å²) in [6, 6.07) is 5.50. The highest BCUT2D eigenvalue weighted by atomic mass is 32.2. The second-order valence-electron chi connectivity index (χ2n) is 6.83. The topological polar surface area (TPSA) is 80.1 Å². The molecule has 142 valence electrons. The number of hydrogen-bond donors (Lipinski definition) is 1. The van der Waals surface area contributed by atoms with E-state index in [2.05, 4.69) is 20.4 Å². The average molecular weight is 422 g/mol. The Morgan fingerprint density at radius 2 is 2.22 bits per heavy atom. The molecule has 2 atom stereocenters. The van der Waals surface area contributed by atoms with Crippen LogP contribution < -0.4 is 10.9 Å². The van der Waals surface area contributed by atoms with Crippen molar-refractivity contribution in [2.24, 2.45) is 5.92 Å². The zero-order valence-electron chi connectivity index (χ0n) is 14.8. The van der Waals surface area contributed by atoms with E-state index in [4.69, 9.17) is 12.2 Å². The summed E-state index contributed by atoms with van der Waals surface area (Å²) in [5.74, 6) is 0.836. The number of thioether (sulfide) groups is 1. The lowest BCUT2D eigenvalue weighted by Gasteiger charge is -2.43. The van der Waals surface area contributed by atoms with E-state index >= 15 is 0 Å². The summed E-state index contributed by atoms with van der Waals surface area (Å²) in [7, 11) is 0. The molecule has 1 amide bonds. The van der Waals surface area contributed by atoms with Crippen molar-refractivity contribution >= 4 is 50.7 Å². The summed E-state index contributed by atoms with van der Waals surface area (Å²) in [5, 5.41) is 11.9. The number of nitrogens with zero attached hydrogens (tertiary/aromatic N) is 4. The minimum atomic E-state index is -0.132. The van der Waals surface area contributed by atoms with Crippen molar-refractivity contribution in [3.63, 3.8) is 0 Å². The molecule has 0 saturated carbocycles. The van der Waals surface area contributed by atoms with Gasteiger partial charge in [0, 0.05) is 37.3 Å². The molecule has 1 saturated heterocycles. The summed E-state index contributed by atoms with van der Waals surface area (Å²) in [6.45, 7) is 4.21. The van der Waals surface area contributed by atoms with Gasteiger partial charge in [-0.3, -0.25) is 14.9 Å². The number of pyridine rings is 1. The van der Waals surface area contributed by atoms with Crippen LogP contribution in [0.3, 0.4) is 0 Å². The van der Waals surface area contributed by atoms with Crippen LogP contribution in [0, 0.1) is 12.8 Å². The minimum absolute atomic E-state index is 0.0798. The first kappa shape index (κ1) is 18.6. The molecule has 0 aliphatic carbocycles. The average Bonchev–Trinajstić information content (AvgIpc) is 3.05. The van der Waals surface area contributed by atoms with Crippen LogP contribution in [0.5, 0.6) is 0 Å². The van der Waals surface area contributed by atoms with E-state index in [-0.39, 0.29) is 17.2 Å². The molecule has 4 rings (SSSR count). The quantitative estimate of drug-likeness (QED) is 0.760. The number of likely N-dealkylation sites (tertiary alicyclic amines) is 1. The first-order chi connectivity index (χ1) is 13.0. The summed E-state index contributed by atoms with van der Waals surface area (Å²) < 4.78 is 2.64. The number of aryl methyl sites for hydroxylation is 1. The van der Waals surface area contributed by atoms with Gasteiger partial charge in [0.15, 0.2) is 0 Å². The van der Waals surface area contributed by atoms with Crippen molar-refractivity contribution < 1.29 is 4.79 Å². The number of amides is 1. The molecule has 0 radical (unpaired) electrons. The Hall–Kier alpha value is -1.78. The first-order valence-electron chi connectivity index (χ1n) is 8.71. The number of nitrogens with one attached hydrogen (secondary N) is 1. The van der Waals surface area contributed by atoms with Crippen LogP contribution in [0.15, 0.2) is 23.0 Å². The van der Waals surface area contributed by atoms with E-state index in [1.54, 1.807) is 6.07 Å². The first-order valence-corrected chi connectivity index (χ1v) is 10.9. The van der Waals surface area contributed by atoms with E-state index in [9.17, 15) is 9.59 Å². The highest BCUT2D eigenvalue weighted by Crippen LogP contribution is 2.36. The predicted molar refractivity (Wildman–Crippen MR) is 111 cm³/mol. The summed E-state index contributed by atoms with van der Waals surface area (Å²) in [4.78, 5) is 26.4. The molecule has 2 aromatic rings. The van der Waals surface area contributed by atoms with Gasteiger partial charge in [0.1, 0.15) is 9.33 Å². The van der Waals surface area contributed by atoms with Crippen molar-refractivity contribution in [1.82, 2.24) is 19.7 Å². The van der Waals surface area contributed by atoms with E-state index in [1.807, 2.05) is 23.6 Å². The van der Waals surface area contributed by atoms with Gasteiger partial charge in [0.25, 0.3) is 5.56 Å². The Balaban J connectivity index is 1.35. The smallest absolute Gasteiger partial charge is 0.250 e. The summed E-state index contributed by atoms with van der Waals surface area (Å²) in [5.41, 5.74) is 1.18. The SMILES string of the molecule is Cc1nnc(NC(=O)CSC(=S)N2CC3CC(C2)c2cccc(=O)n2C3)s1. The normalized spacial score (nSPS) is 20.9. The molecule has 1 fully saturated rings. The highest BCUT2D eigenvalue weighted by molar-refractivity contribution is 8.23. The Labute approximate surface area is 170 Å². The largest absolute Gasteiger partial charge is 0.356 e. The van der Waals surface area contributed by atoms with Gasteiger partial charge in [0.2, 0.25) is 11.0 Å². The van der Waals surface area contributed by atoms with E-state index < -0.39 is 0 Å². The van der Waals surface area contributed by atoms with Crippen LogP contribution in [-0.4, -0.2) is 48.7 Å². The minimum Gasteiger partial charge on any atom is -0.356 e. The van der Waals surface area contributed by atoms with Gasteiger partial charge in [-0.1, -0.05) is 41.4 Å². The monoisotopic (exact) mass is 421 g/mol. The molecule has 10 heteroatoms. The number of rotatable bonds is 3. The molecule has 0 aromatic carbocycles. The molecule has 2 aliphatic rings. The predicted octanol–water partition coefficient (Wildman–Crippen LogP) is 2.08. The van der Waals surface area contributed by atoms with Crippen LogP contribution in [0.25, 0.3) is 0 Å². The fraction of sp³-hybridized carbons (Fsp3) is 0.471. The van der Waals surface area contributed by atoms with Gasteiger partial charge < -0.3 is 9.47 Å². The maximum atomic E-state index is 12.1. The summed E-state index contributed by atoms with van der Waals surface area (Å²) in [6.07, 6.45) is 1.09. The molecule has 27 heavy (non-hydrogen) atoms. The van der Waals surface area contributed by atoms with Crippen molar-refractivity contribution in [3.05, 3.63) is 39.3 Å². The van der Waals surface area contributed by atoms with Gasteiger partial charge in [-0.15, -0.1) is 10.2 Å². The van der Waals surface area contributed by atoms with Crippen LogP contribution in [0.2, 0.25) is 0 Å². The van der Waals surface area contributed by atoms with Crippen LogP contribution in [0.1, 0.15) is 23.0 Å². The lowest BCUT2D eigenvalue weighted by atomic mass is 9.83. The Bertz CT molecular complexity index is 941. The molecular weight excluding hydrogens is 402 g/mol. The number of carbonyl (C=O) groups is 1. The number of anilines is 1. The van der Waals surface area contributed by atoms with E-state index in [1.165, 1.54) is 23.1 Å². The van der Waals surface area contributed by atoms with Crippen molar-refractivity contribution in [2.75, 3.05) is 24.2 Å². The third kappa shape index (κ3) is 4.07. The highest BCUT2D eigenvalue weighted by Gasteiger charge is 2.35. The van der Waals surface area contributed by atoms with E-state index in [0.717, 1.165) is 41.1 Å². The second-order valence-corrected chi connectivity index (χ2v) is 9.62. The number of aromatic nitrogens is 3. The third-order valence-electron chi connectivity index (χ3n) is 4.84. The molecule has 0 spiro atoms. The fourth-order valence-corrected chi connectivity index (χ4v) is 5.36. The molecule has 2 aromatic heterocycles. The van der Waals surface area contributed by atoms with Gasteiger partial charge in [0.05, 0.1) is 5.75 Å². The van der Waals surface area contributed by atoms with Gasteiger partial charge >= 0.3 is 0 Å². The maximum absolute atomic E-state index is 12.1. The lowest BCUT2D eigenvalue weighted by molar-refractivity contribution is -0.113. The molecule has 4 heterocycles. The molecular formula is C17H19N5O2S3. The van der Waals surface area contributed by atoms with Gasteiger partial charge in [-0.05, 0) is 25.3 Å². The molecule has 2 aliphatic heterocycles. The molecule has 1 N–H and O–H groups in total. The van der Waals surface area contributed by atoms with Crippen LogP contribution in [0.4, 0.5) is 5.13 Å². The second kappa shape index (κ2) is 7.69. The number of piperidine rings is 1. The van der Waals surface area contributed by atoms with E-state index in [0.29, 0.717) is 17.0 Å². The Morgan fingerprint density at radius 1 is 1.37 bits per heavy atom. The van der Waals surface area contributed by atoms with Crippen LogP contribution >= 0.6 is 35.3 Å². The molecule has 2 unspecified atom stereocenters. The molecule has 7 nitrogen and oxygen atoms in total. The number of fused-ring (bicyclic) bond motifs is 4. The zero-order chi connectivity index (χ0) is 19.0. The Kier molecular flexibility index (Phi) is 5.29. The number of carbonyl (C=O) groups excluding carboxylic acids is 1. The zero-order valence-corrected chi connectivity index (χ0v) is 17.2. The Morgan fingerprint density at radius 3 is 3.00 bits per heavy atom. The van der Waals surface area contributed by atoms with Crippen molar-refractivity contribution in [3.8, 4) is 0 Å². The number of thiocarbonyl (C=S) groups is 1.